The summed E-state index contributed by atoms with van der Waals surface area (Å²) in [6.45, 7) is -1.93. The number of amides is 4. The maximum Gasteiger partial charge on any atom is 0.242 e. The molecule has 0 spiro atoms. The Bertz CT molecular complexity index is 1590. The van der Waals surface area contributed by atoms with E-state index in [9.17, 15) is 85.6 Å². The van der Waals surface area contributed by atoms with E-state index in [0.717, 1.165) is 0 Å². The highest BCUT2D eigenvalue weighted by atomic mass is 16.8. The van der Waals surface area contributed by atoms with E-state index in [4.69, 9.17) is 37.9 Å². The van der Waals surface area contributed by atoms with Crippen molar-refractivity contribution < 1.29 is 123 Å². The Morgan fingerprint density at radius 2 is 1.01 bits per heavy atom. The van der Waals surface area contributed by atoms with E-state index >= 15 is 0 Å². The summed E-state index contributed by atoms with van der Waals surface area (Å²) in [4.78, 5) is 50.7. The number of carbonyl (C=O) groups is 4. The Morgan fingerprint density at radius 1 is 0.522 bits per heavy atom. The molecule has 0 bridgehead atoms. The molecule has 29 heteroatoms. The number of nitrogens with one attached hydrogen (secondary N) is 4. The van der Waals surface area contributed by atoms with Crippen molar-refractivity contribution in [3.8, 4) is 0 Å². The lowest BCUT2D eigenvalue weighted by Crippen LogP contribution is -2.65. The number of aliphatic hydroxyl groups is 13. The lowest BCUT2D eigenvalue weighted by Gasteiger charge is -2.46. The molecule has 4 aliphatic heterocycles. The molecule has 4 fully saturated rings. The van der Waals surface area contributed by atoms with Gasteiger partial charge in [0.25, 0.3) is 0 Å². The fraction of sp³-hybridized carbons (Fsp3) is 0.900. The van der Waals surface area contributed by atoms with Crippen LogP contribution in [0.1, 0.15) is 45.4 Å². The summed E-state index contributed by atoms with van der Waals surface area (Å²) in [6.07, 6.45) is -32.8. The van der Waals surface area contributed by atoms with Crippen LogP contribution < -0.4 is 21.3 Å². The molecular weight excluding hydrogens is 936 g/mol. The molecule has 21 atom stereocenters. The fourth-order valence-corrected chi connectivity index (χ4v) is 7.65. The largest absolute Gasteiger partial charge is 0.394 e. The molecule has 0 aromatic carbocycles. The Labute approximate surface area is 395 Å². The van der Waals surface area contributed by atoms with Crippen molar-refractivity contribution in [2.24, 2.45) is 0 Å². The summed E-state index contributed by atoms with van der Waals surface area (Å²) in [5, 5.41) is 144. The molecule has 69 heavy (non-hydrogen) atoms. The van der Waals surface area contributed by atoms with Crippen molar-refractivity contribution >= 4 is 23.6 Å². The second kappa shape index (κ2) is 28.3. The van der Waals surface area contributed by atoms with Gasteiger partial charge in [-0.15, -0.1) is 0 Å². The fourth-order valence-electron chi connectivity index (χ4n) is 7.65. The normalized spacial score (nSPS) is 38.7. The highest BCUT2D eigenvalue weighted by molar-refractivity contribution is 5.88. The first kappa shape index (κ1) is 58.6. The Morgan fingerprint density at radius 3 is 1.59 bits per heavy atom. The van der Waals surface area contributed by atoms with Gasteiger partial charge in [0.2, 0.25) is 23.6 Å². The topological polar surface area (TPSA) is 453 Å². The number of unbranched alkanes of at least 4 members (excludes halogenated alkanes) is 1. The summed E-state index contributed by atoms with van der Waals surface area (Å²) in [7, 11) is 1.47. The molecule has 29 nitrogen and oxygen atoms in total. The molecule has 4 amide bonds. The van der Waals surface area contributed by atoms with Crippen molar-refractivity contribution in [2.75, 3.05) is 53.2 Å². The number of rotatable bonds is 25. The minimum atomic E-state index is -1.98. The van der Waals surface area contributed by atoms with Crippen LogP contribution in [-0.4, -0.2) is 272 Å². The maximum atomic E-state index is 13.5. The minimum Gasteiger partial charge on any atom is -0.394 e. The summed E-state index contributed by atoms with van der Waals surface area (Å²) in [5.74, 6) is -2.13. The van der Waals surface area contributed by atoms with E-state index in [0.29, 0.717) is 12.8 Å². The first-order valence-corrected chi connectivity index (χ1v) is 22.6. The molecule has 4 heterocycles. The summed E-state index contributed by atoms with van der Waals surface area (Å²) < 4.78 is 44.2. The van der Waals surface area contributed by atoms with E-state index in [1.54, 1.807) is 0 Å². The molecule has 0 saturated carbocycles. The van der Waals surface area contributed by atoms with Crippen LogP contribution in [0.5, 0.6) is 0 Å². The summed E-state index contributed by atoms with van der Waals surface area (Å²) >= 11 is 0. The van der Waals surface area contributed by atoms with Gasteiger partial charge in [-0.25, -0.2) is 0 Å². The second-order valence-electron chi connectivity index (χ2n) is 17.0. The van der Waals surface area contributed by atoms with Gasteiger partial charge in [0, 0.05) is 39.4 Å². The summed E-state index contributed by atoms with van der Waals surface area (Å²) in [6, 6.07) is -1.29. The van der Waals surface area contributed by atoms with Gasteiger partial charge < -0.3 is 126 Å². The van der Waals surface area contributed by atoms with Gasteiger partial charge in [-0.05, 0) is 26.2 Å². The standard InChI is InChI=1S/C40H70N4O25/c1-16-24(50)28(54)31(57)37(65-16)62-11-9-42-22(48)8-7-17(44-23(49)6-4-3-5-21(47)41-2)36(61)43-10-12-63-39-34(60)35(69-40-33(59)30(56)26(52)19(14-46)67-40)27(53)20(68-39)15-64-38-32(58)29(55)25(51)18(13-45)66-38/h16-20,24-35,37-40,45-46,50-60H,3-15H2,1-2H3,(H,41,47)(H,42,48)(H,43,61)(H,44,49)/t16-,17?,18+,19+,20+,24+,25+,26+,27+,28+,29-,30-,31-,32-,33-,34-,35-,37+,38-,39-,40+/m0/s1. The highest BCUT2D eigenvalue weighted by Crippen LogP contribution is 2.31. The lowest BCUT2D eigenvalue weighted by atomic mass is 9.96. The van der Waals surface area contributed by atoms with E-state index in [1.807, 2.05) is 0 Å². The number of carbonyl (C=O) groups excluding carboxylic acids is 4. The number of hydrogen-bond acceptors (Lipinski definition) is 25. The van der Waals surface area contributed by atoms with Crippen LogP contribution in [0.15, 0.2) is 0 Å². The van der Waals surface area contributed by atoms with Gasteiger partial charge in [-0.3, -0.25) is 19.2 Å². The van der Waals surface area contributed by atoms with E-state index < -0.39 is 173 Å². The van der Waals surface area contributed by atoms with Crippen LogP contribution in [-0.2, 0) is 57.1 Å². The average molecular weight is 1010 g/mol. The first-order valence-electron chi connectivity index (χ1n) is 22.6. The molecule has 0 radical (unpaired) electrons. The molecule has 1 unspecified atom stereocenters. The molecule has 4 aliphatic rings. The predicted molar refractivity (Wildman–Crippen MR) is 223 cm³/mol. The number of aliphatic hydroxyl groups excluding tert-OH is 13. The van der Waals surface area contributed by atoms with Crippen LogP contribution in [0, 0.1) is 0 Å². The van der Waals surface area contributed by atoms with Crippen LogP contribution in [0.3, 0.4) is 0 Å². The van der Waals surface area contributed by atoms with Crippen molar-refractivity contribution in [1.82, 2.24) is 21.3 Å². The number of ether oxygens (including phenoxy) is 8. The molecule has 0 aromatic rings. The molecule has 0 aliphatic carbocycles. The van der Waals surface area contributed by atoms with Gasteiger partial charge in [0.15, 0.2) is 25.2 Å². The van der Waals surface area contributed by atoms with Crippen LogP contribution in [0.4, 0.5) is 0 Å². The smallest absolute Gasteiger partial charge is 0.242 e. The van der Waals surface area contributed by atoms with Crippen molar-refractivity contribution in [3.63, 3.8) is 0 Å². The van der Waals surface area contributed by atoms with Crippen LogP contribution in [0.2, 0.25) is 0 Å². The third kappa shape index (κ3) is 16.3. The molecule has 17 N–H and O–H groups in total. The van der Waals surface area contributed by atoms with Crippen molar-refractivity contribution in [3.05, 3.63) is 0 Å². The predicted octanol–water partition coefficient (Wildman–Crippen LogP) is -9.90. The van der Waals surface area contributed by atoms with E-state index in [1.165, 1.54) is 14.0 Å². The van der Waals surface area contributed by atoms with E-state index in [2.05, 4.69) is 21.3 Å². The molecule has 4 saturated heterocycles. The molecule has 0 aromatic heterocycles. The lowest BCUT2D eigenvalue weighted by molar-refractivity contribution is -0.366. The van der Waals surface area contributed by atoms with Gasteiger partial charge in [0.05, 0.1) is 39.1 Å². The SMILES string of the molecule is CNC(=O)CCCCC(=O)NC(CCC(=O)NCCO[C@@H]1O[C@@H](C)[C@@H](O)[C@@H](O)[C@@H]1O)C(=O)NCCO[C@H]1O[C@H](CO[C@H]2O[C@H](CO)[C@@H](O)[C@H](O)[C@@H]2O)[C@@H](O)[C@H](O[C@H]2O[C@H](CO)[C@@H](O)[C@H](O)[C@@H]2O)[C@@H]1O. The first-order chi connectivity index (χ1) is 32.7. The van der Waals surface area contributed by atoms with Crippen molar-refractivity contribution in [2.45, 2.75) is 174 Å². The zero-order valence-electron chi connectivity index (χ0n) is 38.0. The van der Waals surface area contributed by atoms with Crippen molar-refractivity contribution in [1.29, 1.82) is 0 Å². The van der Waals surface area contributed by atoms with Gasteiger partial charge in [0.1, 0.15) is 97.6 Å². The zero-order valence-corrected chi connectivity index (χ0v) is 38.0. The minimum absolute atomic E-state index is 0.0662. The Balaban J connectivity index is 1.38. The van der Waals surface area contributed by atoms with Crippen LogP contribution in [0.25, 0.3) is 0 Å². The third-order valence-corrected chi connectivity index (χ3v) is 11.9. The Kier molecular flexibility index (Phi) is 24.1. The van der Waals surface area contributed by atoms with E-state index in [-0.39, 0.29) is 51.3 Å². The highest BCUT2D eigenvalue weighted by Gasteiger charge is 2.52. The van der Waals surface area contributed by atoms with Gasteiger partial charge >= 0.3 is 0 Å². The summed E-state index contributed by atoms with van der Waals surface area (Å²) in [5.41, 5.74) is 0. The molecule has 400 valence electrons. The Hall–Kier alpha value is -2.96. The molecule has 4 rings (SSSR count). The average Bonchev–Trinajstić information content (AvgIpc) is 3.33. The third-order valence-electron chi connectivity index (χ3n) is 11.9. The van der Waals surface area contributed by atoms with Gasteiger partial charge in [-0.1, -0.05) is 0 Å². The maximum absolute atomic E-state index is 13.5. The zero-order chi connectivity index (χ0) is 51.1. The monoisotopic (exact) mass is 1010 g/mol. The number of hydrogen-bond donors (Lipinski definition) is 17. The second-order valence-corrected chi connectivity index (χ2v) is 17.0. The van der Waals surface area contributed by atoms with Gasteiger partial charge in [-0.2, -0.15) is 0 Å². The van der Waals surface area contributed by atoms with Crippen LogP contribution >= 0.6 is 0 Å². The molecular formula is C40H70N4O25. The quantitative estimate of drug-likeness (QED) is 0.0378.